The molecule has 6 heteroatoms. The second-order valence-electron chi connectivity index (χ2n) is 3.26. The van der Waals surface area contributed by atoms with Crippen molar-refractivity contribution >= 4 is 11.6 Å². The molecule has 0 aliphatic heterocycles. The number of aliphatic carboxylic acids is 1. The summed E-state index contributed by atoms with van der Waals surface area (Å²) >= 11 is 0. The molecule has 0 aliphatic carbocycles. The van der Waals surface area contributed by atoms with Crippen LogP contribution < -0.4 is 11.3 Å². The second-order valence-corrected chi connectivity index (χ2v) is 3.26. The van der Waals surface area contributed by atoms with Crippen LogP contribution in [0.25, 0.3) is 5.65 Å². The summed E-state index contributed by atoms with van der Waals surface area (Å²) < 4.78 is 1.26. The quantitative estimate of drug-likeness (QED) is 0.727. The van der Waals surface area contributed by atoms with Crippen molar-refractivity contribution in [3.8, 4) is 0 Å². The first-order valence-electron chi connectivity index (χ1n) is 4.56. The molecule has 0 aliphatic rings. The fraction of sp³-hybridized carbons (Fsp3) is 0.100. The minimum Gasteiger partial charge on any atom is -0.480 e. The molecule has 0 amide bonds. The molecule has 0 aromatic carbocycles. The number of carboxylic acids is 1. The van der Waals surface area contributed by atoms with Gasteiger partial charge in [0.1, 0.15) is 11.7 Å². The predicted molar refractivity (Wildman–Crippen MR) is 56.0 cm³/mol. The summed E-state index contributed by atoms with van der Waals surface area (Å²) in [5.74, 6) is -1.25. The van der Waals surface area contributed by atoms with Gasteiger partial charge >= 0.3 is 5.97 Å². The van der Waals surface area contributed by atoms with Crippen LogP contribution in [0, 0.1) is 0 Å². The zero-order valence-corrected chi connectivity index (χ0v) is 8.20. The van der Waals surface area contributed by atoms with E-state index in [0.29, 0.717) is 5.65 Å². The average molecular weight is 219 g/mol. The summed E-state index contributed by atoms with van der Waals surface area (Å²) in [6.45, 7) is 0. The zero-order valence-electron chi connectivity index (χ0n) is 8.20. The van der Waals surface area contributed by atoms with Crippen LogP contribution in [0.1, 0.15) is 11.6 Å². The van der Waals surface area contributed by atoms with Gasteiger partial charge in [0.25, 0.3) is 5.56 Å². The van der Waals surface area contributed by atoms with E-state index in [1.165, 1.54) is 16.8 Å². The van der Waals surface area contributed by atoms with Crippen LogP contribution in [0.4, 0.5) is 0 Å². The number of hydrogen-bond donors (Lipinski definition) is 2. The molecule has 0 spiro atoms. The highest BCUT2D eigenvalue weighted by atomic mass is 16.4. The van der Waals surface area contributed by atoms with Gasteiger partial charge in [0.2, 0.25) is 0 Å². The third-order valence-corrected chi connectivity index (χ3v) is 2.24. The third-order valence-electron chi connectivity index (χ3n) is 2.24. The summed E-state index contributed by atoms with van der Waals surface area (Å²) in [6, 6.07) is 3.69. The van der Waals surface area contributed by atoms with Crippen LogP contribution in [-0.2, 0) is 4.79 Å². The van der Waals surface area contributed by atoms with Crippen molar-refractivity contribution in [3.05, 3.63) is 46.5 Å². The third kappa shape index (κ3) is 1.55. The van der Waals surface area contributed by atoms with Crippen molar-refractivity contribution in [3.63, 3.8) is 0 Å². The number of fused-ring (bicyclic) bond motifs is 1. The highest BCUT2D eigenvalue weighted by Gasteiger charge is 2.19. The lowest BCUT2D eigenvalue weighted by atomic mass is 10.1. The van der Waals surface area contributed by atoms with Crippen LogP contribution in [0.15, 0.2) is 35.4 Å². The molecule has 0 saturated heterocycles. The lowest BCUT2D eigenvalue weighted by Gasteiger charge is -2.06. The Balaban J connectivity index is 2.70. The number of pyridine rings is 1. The Morgan fingerprint density at radius 3 is 2.94 bits per heavy atom. The maximum atomic E-state index is 11.9. The van der Waals surface area contributed by atoms with Gasteiger partial charge in [-0.05, 0) is 12.1 Å². The van der Waals surface area contributed by atoms with Gasteiger partial charge in [-0.2, -0.15) is 0 Å². The Morgan fingerprint density at radius 1 is 1.50 bits per heavy atom. The highest BCUT2D eigenvalue weighted by Crippen LogP contribution is 2.05. The number of aromatic nitrogens is 2. The molecule has 1 atom stereocenters. The summed E-state index contributed by atoms with van der Waals surface area (Å²) in [6.07, 6.45) is 2.72. The van der Waals surface area contributed by atoms with E-state index in [1.807, 2.05) is 0 Å². The summed E-state index contributed by atoms with van der Waals surface area (Å²) in [4.78, 5) is 26.5. The Kier molecular flexibility index (Phi) is 2.41. The fourth-order valence-corrected chi connectivity index (χ4v) is 1.39. The van der Waals surface area contributed by atoms with Crippen molar-refractivity contribution < 1.29 is 9.90 Å². The minimum atomic E-state index is -1.35. The van der Waals surface area contributed by atoms with Gasteiger partial charge in [-0.1, -0.05) is 6.07 Å². The number of carboxylic acid groups (broad SMARTS) is 1. The Morgan fingerprint density at radius 2 is 2.25 bits per heavy atom. The van der Waals surface area contributed by atoms with Gasteiger partial charge < -0.3 is 10.8 Å². The molecule has 0 radical (unpaired) electrons. The normalized spacial score (nSPS) is 12.6. The molecule has 2 aromatic heterocycles. The molecule has 0 bridgehead atoms. The van der Waals surface area contributed by atoms with Gasteiger partial charge in [-0.15, -0.1) is 0 Å². The first-order chi connectivity index (χ1) is 7.61. The zero-order chi connectivity index (χ0) is 11.7. The SMILES string of the molecule is NC(C(=O)O)c1cnc2ccccn2c1=O. The monoisotopic (exact) mass is 219 g/mol. The van der Waals surface area contributed by atoms with Crippen LogP contribution in [0.3, 0.4) is 0 Å². The first-order valence-corrected chi connectivity index (χ1v) is 4.56. The molecule has 6 nitrogen and oxygen atoms in total. The molecule has 0 fully saturated rings. The first kappa shape index (κ1) is 10.3. The summed E-state index contributed by atoms with van der Waals surface area (Å²) in [5.41, 5.74) is 5.34. The molecule has 82 valence electrons. The molecular formula is C10H9N3O3. The largest absolute Gasteiger partial charge is 0.480 e. The second kappa shape index (κ2) is 3.74. The standard InChI is InChI=1S/C10H9N3O3/c11-8(10(15)16)6-5-12-7-3-1-2-4-13(7)9(6)14/h1-5,8H,11H2,(H,15,16). The van der Waals surface area contributed by atoms with E-state index < -0.39 is 17.6 Å². The Bertz CT molecular complexity index is 606. The van der Waals surface area contributed by atoms with E-state index in [1.54, 1.807) is 18.2 Å². The molecule has 0 saturated carbocycles. The average Bonchev–Trinajstić information content (AvgIpc) is 2.29. The van der Waals surface area contributed by atoms with E-state index in [2.05, 4.69) is 4.98 Å². The van der Waals surface area contributed by atoms with Crippen LogP contribution in [-0.4, -0.2) is 20.5 Å². The van der Waals surface area contributed by atoms with Gasteiger partial charge in [-0.3, -0.25) is 14.0 Å². The topological polar surface area (TPSA) is 97.7 Å². The number of carbonyl (C=O) groups is 1. The van der Waals surface area contributed by atoms with Crippen molar-refractivity contribution in [2.45, 2.75) is 6.04 Å². The number of nitrogens with zero attached hydrogens (tertiary/aromatic N) is 2. The van der Waals surface area contributed by atoms with Gasteiger partial charge in [0.05, 0.1) is 5.56 Å². The van der Waals surface area contributed by atoms with Crippen molar-refractivity contribution in [1.82, 2.24) is 9.38 Å². The Hall–Kier alpha value is -2.21. The van der Waals surface area contributed by atoms with Crippen molar-refractivity contribution in [1.29, 1.82) is 0 Å². The molecule has 3 N–H and O–H groups in total. The van der Waals surface area contributed by atoms with Crippen molar-refractivity contribution in [2.75, 3.05) is 0 Å². The molecule has 1 unspecified atom stereocenters. The van der Waals surface area contributed by atoms with Gasteiger partial charge in [0.15, 0.2) is 0 Å². The lowest BCUT2D eigenvalue weighted by molar-refractivity contribution is -0.138. The maximum absolute atomic E-state index is 11.9. The lowest BCUT2D eigenvalue weighted by Crippen LogP contribution is -2.30. The van der Waals surface area contributed by atoms with Crippen LogP contribution >= 0.6 is 0 Å². The van der Waals surface area contributed by atoms with Gasteiger partial charge in [-0.25, -0.2) is 4.98 Å². The molecule has 2 rings (SSSR count). The van der Waals surface area contributed by atoms with E-state index in [9.17, 15) is 9.59 Å². The molecule has 2 aromatic rings. The van der Waals surface area contributed by atoms with Crippen molar-refractivity contribution in [2.24, 2.45) is 5.73 Å². The molecule has 2 heterocycles. The fourth-order valence-electron chi connectivity index (χ4n) is 1.39. The predicted octanol–water partition coefficient (Wildman–Crippen LogP) is -0.221. The number of rotatable bonds is 2. The highest BCUT2D eigenvalue weighted by molar-refractivity contribution is 5.75. The van der Waals surface area contributed by atoms with E-state index in [-0.39, 0.29) is 5.56 Å². The van der Waals surface area contributed by atoms with Crippen LogP contribution in [0.2, 0.25) is 0 Å². The smallest absolute Gasteiger partial charge is 0.325 e. The van der Waals surface area contributed by atoms with E-state index in [0.717, 1.165) is 0 Å². The summed E-state index contributed by atoms with van der Waals surface area (Å²) in [5, 5.41) is 8.73. The minimum absolute atomic E-state index is 0.0313. The van der Waals surface area contributed by atoms with E-state index >= 15 is 0 Å². The Labute approximate surface area is 90.0 Å². The summed E-state index contributed by atoms with van der Waals surface area (Å²) in [7, 11) is 0. The van der Waals surface area contributed by atoms with Gasteiger partial charge in [0, 0.05) is 12.4 Å². The number of hydrogen-bond acceptors (Lipinski definition) is 4. The maximum Gasteiger partial charge on any atom is 0.325 e. The molecular weight excluding hydrogens is 210 g/mol. The van der Waals surface area contributed by atoms with Crippen LogP contribution in [0.5, 0.6) is 0 Å². The molecule has 16 heavy (non-hydrogen) atoms. The number of nitrogens with two attached hydrogens (primary N) is 1. The van der Waals surface area contributed by atoms with E-state index in [4.69, 9.17) is 10.8 Å².